The molecule has 0 N–H and O–H groups in total. The maximum absolute atomic E-state index is 6.68. The molecule has 262 valence electrons. The number of rotatable bonds is 6. The van der Waals surface area contributed by atoms with E-state index in [2.05, 4.69) is 211 Å². The zero-order chi connectivity index (χ0) is 37.0. The molecular formula is C54H35NO. The molecule has 0 saturated carbocycles. The summed E-state index contributed by atoms with van der Waals surface area (Å²) in [5, 5.41) is 9.49. The van der Waals surface area contributed by atoms with Crippen molar-refractivity contribution < 1.29 is 4.42 Å². The van der Waals surface area contributed by atoms with Gasteiger partial charge in [0.1, 0.15) is 11.2 Å². The predicted octanol–water partition coefficient (Wildman–Crippen LogP) is 15.5. The first-order valence-electron chi connectivity index (χ1n) is 19.2. The van der Waals surface area contributed by atoms with Gasteiger partial charge in [-0.1, -0.05) is 164 Å². The van der Waals surface area contributed by atoms with Crippen molar-refractivity contribution in [2.75, 3.05) is 4.90 Å². The van der Waals surface area contributed by atoms with Crippen molar-refractivity contribution in [3.05, 3.63) is 212 Å². The largest absolute Gasteiger partial charge is 0.455 e. The topological polar surface area (TPSA) is 16.4 Å². The molecule has 2 heteroatoms. The SMILES string of the molecule is c1ccc(-c2ccc(N(c3cccc(-c4cccc(-c5cc6ccccc6c6ccccc56)c4)c3)c3cc4ccccc4c4oc5ccccc5c34)cc2)cc1. The third-order valence-electron chi connectivity index (χ3n) is 11.2. The minimum atomic E-state index is 0.881. The Morgan fingerprint density at radius 3 is 1.70 bits per heavy atom. The summed E-state index contributed by atoms with van der Waals surface area (Å²) in [5.41, 5.74) is 12.1. The standard InChI is InChI=1S/C54H35NO/c1-2-14-36(15-3-1)37-28-30-43(31-29-37)55(51-35-42-17-5-7-23-46(42)54-53(51)49-26-10-11-27-52(49)56-54)44-21-13-19-39(33-44)38-18-12-20-40(32-38)50-34-41-16-4-6-22-45(41)47-24-8-9-25-48(47)50/h1-35H. The summed E-state index contributed by atoms with van der Waals surface area (Å²) in [6.45, 7) is 0. The molecule has 0 amide bonds. The van der Waals surface area contributed by atoms with E-state index in [0.717, 1.165) is 55.3 Å². The van der Waals surface area contributed by atoms with Crippen LogP contribution in [0.3, 0.4) is 0 Å². The Morgan fingerprint density at radius 2 is 0.893 bits per heavy atom. The van der Waals surface area contributed by atoms with Crippen molar-refractivity contribution in [1.29, 1.82) is 0 Å². The summed E-state index contributed by atoms with van der Waals surface area (Å²) in [5.74, 6) is 0. The summed E-state index contributed by atoms with van der Waals surface area (Å²) in [4.78, 5) is 2.40. The molecule has 0 fully saturated rings. The van der Waals surface area contributed by atoms with Crippen LogP contribution in [0.1, 0.15) is 0 Å². The summed E-state index contributed by atoms with van der Waals surface area (Å²) in [6.07, 6.45) is 0. The van der Waals surface area contributed by atoms with Crippen LogP contribution < -0.4 is 4.90 Å². The molecule has 0 spiro atoms. The fourth-order valence-corrected chi connectivity index (χ4v) is 8.56. The van der Waals surface area contributed by atoms with Crippen molar-refractivity contribution in [1.82, 2.24) is 0 Å². The maximum atomic E-state index is 6.68. The second-order valence-electron chi connectivity index (χ2n) is 14.5. The van der Waals surface area contributed by atoms with Gasteiger partial charge in [-0.2, -0.15) is 0 Å². The molecule has 0 atom stereocenters. The van der Waals surface area contributed by atoms with Gasteiger partial charge in [-0.3, -0.25) is 0 Å². The normalized spacial score (nSPS) is 11.6. The van der Waals surface area contributed by atoms with E-state index in [1.165, 1.54) is 49.4 Å². The highest BCUT2D eigenvalue weighted by molar-refractivity contribution is 6.22. The maximum Gasteiger partial charge on any atom is 0.145 e. The molecule has 2 nitrogen and oxygen atoms in total. The van der Waals surface area contributed by atoms with E-state index < -0.39 is 0 Å². The lowest BCUT2D eigenvalue weighted by Gasteiger charge is -2.27. The first-order valence-corrected chi connectivity index (χ1v) is 19.2. The average Bonchev–Trinajstić information content (AvgIpc) is 3.67. The number of hydrogen-bond acceptors (Lipinski definition) is 2. The lowest BCUT2D eigenvalue weighted by Crippen LogP contribution is -2.10. The molecule has 1 aromatic heterocycles. The van der Waals surface area contributed by atoms with Crippen molar-refractivity contribution in [2.24, 2.45) is 0 Å². The number of fused-ring (bicyclic) bond motifs is 8. The zero-order valence-corrected chi connectivity index (χ0v) is 30.6. The van der Waals surface area contributed by atoms with Crippen molar-refractivity contribution in [2.45, 2.75) is 0 Å². The molecular weight excluding hydrogens is 679 g/mol. The number of hydrogen-bond donors (Lipinski definition) is 0. The number of benzene rings is 10. The van der Waals surface area contributed by atoms with Crippen molar-refractivity contribution in [3.63, 3.8) is 0 Å². The second-order valence-corrected chi connectivity index (χ2v) is 14.5. The Morgan fingerprint density at radius 1 is 0.321 bits per heavy atom. The molecule has 1 heterocycles. The number of nitrogens with zero attached hydrogens (tertiary/aromatic N) is 1. The Balaban J connectivity index is 1.11. The monoisotopic (exact) mass is 713 g/mol. The number of para-hydroxylation sites is 1. The van der Waals surface area contributed by atoms with Gasteiger partial charge in [-0.15, -0.1) is 0 Å². The lowest BCUT2D eigenvalue weighted by molar-refractivity contribution is 0.672. The van der Waals surface area contributed by atoms with Gasteiger partial charge in [0.25, 0.3) is 0 Å². The van der Waals surface area contributed by atoms with Crippen molar-refractivity contribution >= 4 is 71.3 Å². The molecule has 0 aliphatic rings. The fourth-order valence-electron chi connectivity index (χ4n) is 8.56. The van der Waals surface area contributed by atoms with Gasteiger partial charge < -0.3 is 9.32 Å². The van der Waals surface area contributed by atoms with Crippen LogP contribution in [0, 0.1) is 0 Å². The lowest BCUT2D eigenvalue weighted by atomic mass is 9.92. The van der Waals surface area contributed by atoms with Crippen LogP contribution in [-0.2, 0) is 0 Å². The summed E-state index contributed by atoms with van der Waals surface area (Å²) in [7, 11) is 0. The van der Waals surface area contributed by atoms with Crippen LogP contribution in [0.15, 0.2) is 217 Å². The first-order chi connectivity index (χ1) is 27.8. The van der Waals surface area contributed by atoms with E-state index in [9.17, 15) is 0 Å². The molecule has 11 rings (SSSR count). The van der Waals surface area contributed by atoms with E-state index in [1.807, 2.05) is 6.07 Å². The Kier molecular flexibility index (Phi) is 7.53. The van der Waals surface area contributed by atoms with Gasteiger partial charge in [0.15, 0.2) is 0 Å². The quantitative estimate of drug-likeness (QED) is 0.160. The van der Waals surface area contributed by atoms with Crippen LogP contribution >= 0.6 is 0 Å². The Hall–Kier alpha value is -7.42. The van der Waals surface area contributed by atoms with Gasteiger partial charge >= 0.3 is 0 Å². The molecule has 0 bridgehead atoms. The summed E-state index contributed by atoms with van der Waals surface area (Å²) >= 11 is 0. The molecule has 10 aromatic carbocycles. The third-order valence-corrected chi connectivity index (χ3v) is 11.2. The zero-order valence-electron chi connectivity index (χ0n) is 30.6. The van der Waals surface area contributed by atoms with E-state index in [4.69, 9.17) is 4.42 Å². The number of anilines is 3. The van der Waals surface area contributed by atoms with Gasteiger partial charge in [0.05, 0.1) is 11.1 Å². The van der Waals surface area contributed by atoms with Gasteiger partial charge in [-0.25, -0.2) is 0 Å². The highest BCUT2D eigenvalue weighted by Gasteiger charge is 2.22. The molecule has 0 aliphatic heterocycles. The van der Waals surface area contributed by atoms with Gasteiger partial charge in [0.2, 0.25) is 0 Å². The van der Waals surface area contributed by atoms with E-state index in [-0.39, 0.29) is 0 Å². The van der Waals surface area contributed by atoms with E-state index >= 15 is 0 Å². The van der Waals surface area contributed by atoms with Crippen LogP contribution in [-0.4, -0.2) is 0 Å². The van der Waals surface area contributed by atoms with Gasteiger partial charge in [0, 0.05) is 22.1 Å². The average molecular weight is 714 g/mol. The third kappa shape index (κ3) is 5.34. The number of furan rings is 1. The molecule has 0 radical (unpaired) electrons. The van der Waals surface area contributed by atoms with Crippen LogP contribution in [0.4, 0.5) is 17.1 Å². The summed E-state index contributed by atoms with van der Waals surface area (Å²) < 4.78 is 6.68. The first kappa shape index (κ1) is 32.0. The van der Waals surface area contributed by atoms with Crippen molar-refractivity contribution in [3.8, 4) is 33.4 Å². The molecule has 11 aromatic rings. The molecule has 0 saturated heterocycles. The van der Waals surface area contributed by atoms with Gasteiger partial charge in [-0.05, 0) is 109 Å². The second kappa shape index (κ2) is 13.2. The highest BCUT2D eigenvalue weighted by atomic mass is 16.3. The Labute approximate surface area is 325 Å². The summed E-state index contributed by atoms with van der Waals surface area (Å²) in [6, 6.07) is 76.5. The minimum absolute atomic E-state index is 0.881. The Bertz CT molecular complexity index is 3250. The predicted molar refractivity (Wildman–Crippen MR) is 237 cm³/mol. The molecule has 56 heavy (non-hydrogen) atoms. The molecule has 0 unspecified atom stereocenters. The van der Waals surface area contributed by atoms with E-state index in [0.29, 0.717) is 0 Å². The van der Waals surface area contributed by atoms with E-state index in [1.54, 1.807) is 0 Å². The fraction of sp³-hybridized carbons (Fsp3) is 0. The highest BCUT2D eigenvalue weighted by Crippen LogP contribution is 2.47. The smallest absolute Gasteiger partial charge is 0.145 e. The van der Waals surface area contributed by atoms with Crippen LogP contribution in [0.25, 0.3) is 87.6 Å². The van der Waals surface area contributed by atoms with Crippen LogP contribution in [0.5, 0.6) is 0 Å². The minimum Gasteiger partial charge on any atom is -0.455 e. The van der Waals surface area contributed by atoms with Crippen LogP contribution in [0.2, 0.25) is 0 Å². The molecule has 0 aliphatic carbocycles.